The van der Waals surface area contributed by atoms with Crippen molar-refractivity contribution >= 4 is 51.5 Å². The van der Waals surface area contributed by atoms with Crippen molar-refractivity contribution in [2.75, 3.05) is 37.7 Å². The number of piperazine rings is 1. The van der Waals surface area contributed by atoms with E-state index in [1.807, 2.05) is 16.3 Å². The van der Waals surface area contributed by atoms with Crippen molar-refractivity contribution < 1.29 is 14.3 Å². The summed E-state index contributed by atoms with van der Waals surface area (Å²) in [6.45, 7) is 3.65. The van der Waals surface area contributed by atoms with Gasteiger partial charge in [-0.15, -0.1) is 11.3 Å². The number of thiophene rings is 1. The third-order valence-corrected chi connectivity index (χ3v) is 5.96. The molecule has 1 aliphatic rings. The van der Waals surface area contributed by atoms with E-state index in [2.05, 4.69) is 9.97 Å². The summed E-state index contributed by atoms with van der Waals surface area (Å²) in [7, 11) is 0. The fraction of sp³-hybridized carbons (Fsp3) is 0.300. The van der Waals surface area contributed by atoms with Crippen molar-refractivity contribution in [1.29, 1.82) is 0 Å². The smallest absolute Gasteiger partial charge is 0.345 e. The molecule has 0 bridgehead atoms. The van der Waals surface area contributed by atoms with Crippen LogP contribution in [-0.4, -0.2) is 59.5 Å². The molecule has 3 aromatic rings. The van der Waals surface area contributed by atoms with E-state index in [1.165, 1.54) is 17.5 Å². The number of carbonyl (C=O) groups is 2. The molecule has 8 nitrogen and oxygen atoms in total. The predicted molar refractivity (Wildman–Crippen MR) is 116 cm³/mol. The van der Waals surface area contributed by atoms with Gasteiger partial charge in [0.1, 0.15) is 11.2 Å². The van der Waals surface area contributed by atoms with Crippen molar-refractivity contribution in [3.05, 3.63) is 55.6 Å². The number of H-pyrrole nitrogens is 1. The lowest BCUT2D eigenvalue weighted by molar-refractivity contribution is 0.0524. The quantitative estimate of drug-likeness (QED) is 0.619. The third kappa shape index (κ3) is 3.78. The Morgan fingerprint density at radius 1 is 1.30 bits per heavy atom. The first kappa shape index (κ1) is 20.4. The average Bonchev–Trinajstić information content (AvgIpc) is 3.28. The Morgan fingerprint density at radius 3 is 2.73 bits per heavy atom. The van der Waals surface area contributed by atoms with E-state index in [9.17, 15) is 14.4 Å². The number of fused-ring (bicyclic) bond motifs is 1. The van der Waals surface area contributed by atoms with Gasteiger partial charge in [0.05, 0.1) is 22.2 Å². The molecule has 3 aromatic heterocycles. The molecule has 0 atom stereocenters. The maximum Gasteiger partial charge on any atom is 0.345 e. The monoisotopic (exact) mass is 446 g/mol. The molecule has 30 heavy (non-hydrogen) atoms. The summed E-state index contributed by atoms with van der Waals surface area (Å²) in [5.74, 6) is -0.719. The van der Waals surface area contributed by atoms with E-state index >= 15 is 0 Å². The molecule has 0 saturated carbocycles. The number of pyridine rings is 2. The zero-order valence-electron chi connectivity index (χ0n) is 16.2. The summed E-state index contributed by atoms with van der Waals surface area (Å²) in [5, 5.41) is 2.81. The Bertz CT molecular complexity index is 1150. The summed E-state index contributed by atoms with van der Waals surface area (Å²) >= 11 is 7.55. The van der Waals surface area contributed by atoms with Gasteiger partial charge in [-0.25, -0.2) is 9.78 Å². The van der Waals surface area contributed by atoms with Crippen LogP contribution in [-0.2, 0) is 4.74 Å². The largest absolute Gasteiger partial charge is 0.462 e. The van der Waals surface area contributed by atoms with E-state index in [0.717, 1.165) is 0 Å². The number of nitrogens with zero attached hydrogens (tertiary/aromatic N) is 3. The summed E-state index contributed by atoms with van der Waals surface area (Å²) in [6, 6.07) is 5.32. The highest BCUT2D eigenvalue weighted by molar-refractivity contribution is 7.12. The van der Waals surface area contributed by atoms with E-state index < -0.39 is 11.5 Å². The van der Waals surface area contributed by atoms with Gasteiger partial charge in [0.25, 0.3) is 11.5 Å². The molecule has 4 heterocycles. The summed E-state index contributed by atoms with van der Waals surface area (Å²) < 4.78 is 5.13. The van der Waals surface area contributed by atoms with Gasteiger partial charge in [-0.3, -0.25) is 9.59 Å². The minimum Gasteiger partial charge on any atom is -0.462 e. The molecular formula is C20H19ClN4O4S. The number of ether oxygens (including phenoxy) is 1. The number of aromatic amines is 1. The lowest BCUT2D eigenvalue weighted by Gasteiger charge is -2.36. The lowest BCUT2D eigenvalue weighted by Crippen LogP contribution is -2.49. The molecule has 0 unspecified atom stereocenters. The Hall–Kier alpha value is -2.91. The maximum atomic E-state index is 12.7. The molecule has 1 amide bonds. The van der Waals surface area contributed by atoms with Gasteiger partial charge in [-0.2, -0.15) is 0 Å². The highest BCUT2D eigenvalue weighted by atomic mass is 35.5. The molecule has 0 spiro atoms. The third-order valence-electron chi connectivity index (χ3n) is 4.90. The molecule has 156 valence electrons. The number of amides is 1. The minimum absolute atomic E-state index is 0.0178. The number of anilines is 1. The summed E-state index contributed by atoms with van der Waals surface area (Å²) in [4.78, 5) is 49.1. The molecule has 1 aliphatic heterocycles. The Kier molecular flexibility index (Phi) is 5.74. The van der Waals surface area contributed by atoms with Gasteiger partial charge >= 0.3 is 5.97 Å². The van der Waals surface area contributed by atoms with E-state index in [-0.39, 0.29) is 18.1 Å². The van der Waals surface area contributed by atoms with Gasteiger partial charge in [0, 0.05) is 37.8 Å². The first-order valence-electron chi connectivity index (χ1n) is 9.46. The number of hydrogen-bond acceptors (Lipinski definition) is 7. The van der Waals surface area contributed by atoms with Crippen molar-refractivity contribution in [1.82, 2.24) is 14.9 Å². The topological polar surface area (TPSA) is 95.6 Å². The number of esters is 1. The lowest BCUT2D eigenvalue weighted by atomic mass is 10.1. The van der Waals surface area contributed by atoms with Crippen LogP contribution in [0.4, 0.5) is 5.69 Å². The second-order valence-corrected chi connectivity index (χ2v) is 8.09. The first-order chi connectivity index (χ1) is 14.5. The molecular weight excluding hydrogens is 428 g/mol. The second kappa shape index (κ2) is 8.45. The minimum atomic E-state index is -0.701. The maximum absolute atomic E-state index is 12.7. The SMILES string of the molecule is CCOC(=O)c1c(N2CCN(C(=O)c3cccs3)CC2)c2cc(Cl)cnc2[nH]c1=O. The van der Waals surface area contributed by atoms with Crippen LogP contribution in [0.2, 0.25) is 5.02 Å². The summed E-state index contributed by atoms with van der Waals surface area (Å²) in [5.41, 5.74) is 0.129. The molecule has 0 radical (unpaired) electrons. The van der Waals surface area contributed by atoms with Crippen LogP contribution in [0.15, 0.2) is 34.6 Å². The van der Waals surface area contributed by atoms with Crippen LogP contribution in [0.1, 0.15) is 27.0 Å². The highest BCUT2D eigenvalue weighted by Crippen LogP contribution is 2.30. The Balaban J connectivity index is 1.71. The van der Waals surface area contributed by atoms with Crippen LogP contribution >= 0.6 is 22.9 Å². The molecule has 10 heteroatoms. The van der Waals surface area contributed by atoms with E-state index in [1.54, 1.807) is 24.0 Å². The predicted octanol–water partition coefficient (Wildman–Crippen LogP) is 2.78. The number of halogens is 1. The van der Waals surface area contributed by atoms with Crippen molar-refractivity contribution in [3.8, 4) is 0 Å². The zero-order valence-corrected chi connectivity index (χ0v) is 17.8. The zero-order chi connectivity index (χ0) is 21.3. The van der Waals surface area contributed by atoms with Gasteiger partial charge in [0.15, 0.2) is 0 Å². The van der Waals surface area contributed by atoms with Gasteiger partial charge in [-0.1, -0.05) is 17.7 Å². The summed E-state index contributed by atoms with van der Waals surface area (Å²) in [6.07, 6.45) is 1.44. The number of rotatable bonds is 4. The van der Waals surface area contributed by atoms with Crippen LogP contribution in [0.3, 0.4) is 0 Å². The molecule has 1 fully saturated rings. The molecule has 0 aromatic carbocycles. The number of nitrogens with one attached hydrogen (secondary N) is 1. The molecule has 0 aliphatic carbocycles. The fourth-order valence-corrected chi connectivity index (χ4v) is 4.39. The number of hydrogen-bond donors (Lipinski definition) is 1. The van der Waals surface area contributed by atoms with Gasteiger partial charge < -0.3 is 19.5 Å². The van der Waals surface area contributed by atoms with Crippen molar-refractivity contribution in [2.45, 2.75) is 6.92 Å². The van der Waals surface area contributed by atoms with E-state index in [0.29, 0.717) is 52.8 Å². The van der Waals surface area contributed by atoms with Gasteiger partial charge in [0.2, 0.25) is 0 Å². The van der Waals surface area contributed by atoms with Crippen LogP contribution in [0.5, 0.6) is 0 Å². The molecule has 1 saturated heterocycles. The van der Waals surface area contributed by atoms with Crippen molar-refractivity contribution in [2.24, 2.45) is 0 Å². The second-order valence-electron chi connectivity index (χ2n) is 6.70. The van der Waals surface area contributed by atoms with Crippen molar-refractivity contribution in [3.63, 3.8) is 0 Å². The van der Waals surface area contributed by atoms with Crippen LogP contribution in [0.25, 0.3) is 11.0 Å². The molecule has 4 rings (SSSR count). The number of aromatic nitrogens is 2. The average molecular weight is 447 g/mol. The normalized spacial score (nSPS) is 14.2. The Morgan fingerprint density at radius 2 is 2.07 bits per heavy atom. The van der Waals surface area contributed by atoms with Crippen LogP contribution in [0, 0.1) is 0 Å². The molecule has 1 N–H and O–H groups in total. The Labute approximate surface area is 181 Å². The number of carbonyl (C=O) groups excluding carboxylic acids is 2. The fourth-order valence-electron chi connectivity index (χ4n) is 3.54. The highest BCUT2D eigenvalue weighted by Gasteiger charge is 2.29. The first-order valence-corrected chi connectivity index (χ1v) is 10.7. The van der Waals surface area contributed by atoms with Crippen LogP contribution < -0.4 is 10.5 Å². The standard InChI is InChI=1S/C20H19ClN4O4S/c1-2-29-20(28)15-16(13-10-12(21)11-22-17(13)23-18(15)26)24-5-7-25(8-6-24)19(27)14-4-3-9-30-14/h3-4,9-11H,2,5-8H2,1H3,(H,22,23,26). The van der Waals surface area contributed by atoms with Gasteiger partial charge in [-0.05, 0) is 24.4 Å². The van der Waals surface area contributed by atoms with E-state index in [4.69, 9.17) is 16.3 Å².